The predicted octanol–water partition coefficient (Wildman–Crippen LogP) is 1.86. The van der Waals surface area contributed by atoms with Gasteiger partial charge in [0.1, 0.15) is 11.6 Å². The van der Waals surface area contributed by atoms with Gasteiger partial charge in [-0.05, 0) is 24.3 Å². The lowest BCUT2D eigenvalue weighted by atomic mass is 9.85. The van der Waals surface area contributed by atoms with Crippen LogP contribution in [0.15, 0.2) is 17.5 Å². The van der Waals surface area contributed by atoms with Crippen LogP contribution in [0.3, 0.4) is 0 Å². The van der Waals surface area contributed by atoms with Gasteiger partial charge in [-0.25, -0.2) is 0 Å². The summed E-state index contributed by atoms with van der Waals surface area (Å²) in [4.78, 5) is 15.8. The number of carbonyl (C=O) groups is 1. The number of rotatable bonds is 6. The molecule has 7 heteroatoms. The highest BCUT2D eigenvalue weighted by molar-refractivity contribution is 7.09. The Kier molecular flexibility index (Phi) is 5.12. The molecule has 1 aliphatic carbocycles. The molecule has 0 radical (unpaired) electrons. The predicted molar refractivity (Wildman–Crippen MR) is 97.4 cm³/mol. The number of nitrogens with one attached hydrogen (secondary N) is 1. The standard InChI is InChI=1S/C18H25N5OS/c24-18(14-3-1-4-14)19-8-6-16-20-21-17-7-9-22(10-11-23(16)17)13-15-5-2-12-25-15/h2,5,12,14H,1,3-4,6-11,13H2,(H,19,24). The van der Waals surface area contributed by atoms with E-state index in [0.717, 1.165) is 63.5 Å². The molecule has 0 aromatic carbocycles. The Morgan fingerprint density at radius 1 is 1.28 bits per heavy atom. The summed E-state index contributed by atoms with van der Waals surface area (Å²) in [6.07, 6.45) is 4.99. The number of nitrogens with zero attached hydrogens (tertiary/aromatic N) is 4. The molecule has 134 valence electrons. The molecule has 0 unspecified atom stereocenters. The summed E-state index contributed by atoms with van der Waals surface area (Å²) in [5.74, 6) is 2.54. The second kappa shape index (κ2) is 7.66. The first-order valence-electron chi connectivity index (χ1n) is 9.23. The van der Waals surface area contributed by atoms with Crippen LogP contribution in [0.4, 0.5) is 0 Å². The molecule has 1 N–H and O–H groups in total. The van der Waals surface area contributed by atoms with E-state index < -0.39 is 0 Å². The molecule has 2 aromatic rings. The molecule has 1 saturated carbocycles. The molecular weight excluding hydrogens is 334 g/mol. The van der Waals surface area contributed by atoms with Gasteiger partial charge < -0.3 is 9.88 Å². The molecule has 25 heavy (non-hydrogen) atoms. The van der Waals surface area contributed by atoms with Crippen LogP contribution in [0.5, 0.6) is 0 Å². The van der Waals surface area contributed by atoms with E-state index in [4.69, 9.17) is 0 Å². The molecular formula is C18H25N5OS. The van der Waals surface area contributed by atoms with Gasteiger partial charge in [-0.3, -0.25) is 9.69 Å². The highest BCUT2D eigenvalue weighted by Crippen LogP contribution is 2.26. The summed E-state index contributed by atoms with van der Waals surface area (Å²) in [6.45, 7) is 4.65. The van der Waals surface area contributed by atoms with Crippen LogP contribution in [0.25, 0.3) is 0 Å². The van der Waals surface area contributed by atoms with Crippen molar-refractivity contribution in [3.8, 4) is 0 Å². The van der Waals surface area contributed by atoms with Gasteiger partial charge in [0.2, 0.25) is 5.91 Å². The van der Waals surface area contributed by atoms with Crippen molar-refractivity contribution in [2.75, 3.05) is 19.6 Å². The lowest BCUT2D eigenvalue weighted by Crippen LogP contribution is -2.35. The maximum Gasteiger partial charge on any atom is 0.223 e. The Morgan fingerprint density at radius 3 is 2.96 bits per heavy atom. The molecule has 2 aliphatic rings. The maximum absolute atomic E-state index is 11.9. The molecule has 1 fully saturated rings. The van der Waals surface area contributed by atoms with E-state index in [2.05, 4.69) is 42.5 Å². The maximum atomic E-state index is 11.9. The number of fused-ring (bicyclic) bond motifs is 1. The van der Waals surface area contributed by atoms with Crippen molar-refractivity contribution in [2.45, 2.75) is 45.2 Å². The average molecular weight is 359 g/mol. The third kappa shape index (κ3) is 3.93. The van der Waals surface area contributed by atoms with Gasteiger partial charge in [0.05, 0.1) is 0 Å². The van der Waals surface area contributed by atoms with Gasteiger partial charge in [0.15, 0.2) is 0 Å². The summed E-state index contributed by atoms with van der Waals surface area (Å²) in [5.41, 5.74) is 0. The summed E-state index contributed by atoms with van der Waals surface area (Å²) in [5, 5.41) is 13.9. The zero-order chi connectivity index (χ0) is 17.1. The van der Waals surface area contributed by atoms with Gasteiger partial charge in [-0.1, -0.05) is 12.5 Å². The van der Waals surface area contributed by atoms with Crippen molar-refractivity contribution >= 4 is 17.2 Å². The second-order valence-corrected chi connectivity index (χ2v) is 7.99. The largest absolute Gasteiger partial charge is 0.355 e. The van der Waals surface area contributed by atoms with Crippen molar-refractivity contribution in [3.05, 3.63) is 34.0 Å². The Hall–Kier alpha value is -1.73. The van der Waals surface area contributed by atoms with Gasteiger partial charge >= 0.3 is 0 Å². The Labute approximate surface area is 152 Å². The van der Waals surface area contributed by atoms with Gasteiger partial charge in [-0.2, -0.15) is 0 Å². The van der Waals surface area contributed by atoms with Crippen LogP contribution >= 0.6 is 11.3 Å². The first-order chi connectivity index (χ1) is 12.3. The normalized spacial score (nSPS) is 18.4. The second-order valence-electron chi connectivity index (χ2n) is 6.96. The van der Waals surface area contributed by atoms with E-state index in [1.807, 2.05) is 11.3 Å². The van der Waals surface area contributed by atoms with E-state index in [-0.39, 0.29) is 11.8 Å². The number of aromatic nitrogens is 3. The van der Waals surface area contributed by atoms with Crippen molar-refractivity contribution in [1.82, 2.24) is 25.0 Å². The summed E-state index contributed by atoms with van der Waals surface area (Å²) < 4.78 is 2.25. The monoisotopic (exact) mass is 359 g/mol. The number of thiophene rings is 1. The van der Waals surface area contributed by atoms with Crippen LogP contribution in [-0.4, -0.2) is 45.2 Å². The topological polar surface area (TPSA) is 63.1 Å². The zero-order valence-electron chi connectivity index (χ0n) is 14.5. The Morgan fingerprint density at radius 2 is 2.20 bits per heavy atom. The fraction of sp³-hybridized carbons (Fsp3) is 0.611. The number of amides is 1. The van der Waals surface area contributed by atoms with Crippen LogP contribution in [0.2, 0.25) is 0 Å². The Balaban J connectivity index is 1.30. The molecule has 1 aliphatic heterocycles. The molecule has 0 atom stereocenters. The van der Waals surface area contributed by atoms with Crippen molar-refractivity contribution in [2.24, 2.45) is 5.92 Å². The minimum Gasteiger partial charge on any atom is -0.355 e. The molecule has 0 saturated heterocycles. The summed E-state index contributed by atoms with van der Waals surface area (Å²) in [7, 11) is 0. The molecule has 6 nitrogen and oxygen atoms in total. The highest BCUT2D eigenvalue weighted by atomic mass is 32.1. The number of hydrogen-bond acceptors (Lipinski definition) is 5. The van der Waals surface area contributed by atoms with Crippen molar-refractivity contribution in [3.63, 3.8) is 0 Å². The van der Waals surface area contributed by atoms with E-state index in [9.17, 15) is 4.79 Å². The smallest absolute Gasteiger partial charge is 0.223 e. The number of carbonyl (C=O) groups excluding carboxylic acids is 1. The third-order valence-corrected chi connectivity index (χ3v) is 6.14. The number of hydrogen-bond donors (Lipinski definition) is 1. The molecule has 0 spiro atoms. The Bertz CT molecular complexity index is 707. The van der Waals surface area contributed by atoms with Crippen LogP contribution in [-0.2, 0) is 30.7 Å². The SMILES string of the molecule is O=C(NCCc1nnc2n1CCN(Cc1cccs1)CC2)C1CCC1. The minimum absolute atomic E-state index is 0.212. The van der Waals surface area contributed by atoms with E-state index in [1.165, 1.54) is 11.3 Å². The van der Waals surface area contributed by atoms with Gasteiger partial charge in [0.25, 0.3) is 0 Å². The van der Waals surface area contributed by atoms with Gasteiger partial charge in [-0.15, -0.1) is 21.5 Å². The lowest BCUT2D eigenvalue weighted by Gasteiger charge is -2.24. The molecule has 3 heterocycles. The quantitative estimate of drug-likeness (QED) is 0.855. The lowest BCUT2D eigenvalue weighted by molar-refractivity contribution is -0.127. The molecule has 2 aromatic heterocycles. The van der Waals surface area contributed by atoms with E-state index in [0.29, 0.717) is 6.54 Å². The molecule has 4 rings (SSSR count). The molecule has 1 amide bonds. The third-order valence-electron chi connectivity index (χ3n) is 5.28. The zero-order valence-corrected chi connectivity index (χ0v) is 15.3. The van der Waals surface area contributed by atoms with Crippen LogP contribution in [0, 0.1) is 5.92 Å². The first-order valence-corrected chi connectivity index (χ1v) is 10.1. The van der Waals surface area contributed by atoms with E-state index >= 15 is 0 Å². The minimum atomic E-state index is 0.212. The highest BCUT2D eigenvalue weighted by Gasteiger charge is 2.25. The van der Waals surface area contributed by atoms with Crippen molar-refractivity contribution in [1.29, 1.82) is 0 Å². The fourth-order valence-electron chi connectivity index (χ4n) is 3.51. The fourth-order valence-corrected chi connectivity index (χ4v) is 4.25. The van der Waals surface area contributed by atoms with Crippen molar-refractivity contribution < 1.29 is 4.79 Å². The van der Waals surface area contributed by atoms with Crippen LogP contribution in [0.1, 0.15) is 35.8 Å². The van der Waals surface area contributed by atoms with Crippen LogP contribution < -0.4 is 5.32 Å². The average Bonchev–Trinajstić information content (AvgIpc) is 3.14. The van der Waals surface area contributed by atoms with Gasteiger partial charge in [0, 0.05) is 56.4 Å². The summed E-state index contributed by atoms with van der Waals surface area (Å²) >= 11 is 1.82. The summed E-state index contributed by atoms with van der Waals surface area (Å²) in [6, 6.07) is 4.31. The molecule has 0 bridgehead atoms. The first kappa shape index (κ1) is 16.7. The van der Waals surface area contributed by atoms with E-state index in [1.54, 1.807) is 0 Å².